The highest BCUT2D eigenvalue weighted by Crippen LogP contribution is 2.29. The largest absolute Gasteiger partial charge is 0.389 e. The highest BCUT2D eigenvalue weighted by molar-refractivity contribution is 7.80. The first-order valence-electron chi connectivity index (χ1n) is 5.75. The SMILES string of the molecule is NC(=S)c1ccccc1Nc1nc2ccccc2s1. The van der Waals surface area contributed by atoms with Crippen LogP contribution < -0.4 is 11.1 Å². The number of rotatable bonds is 3. The van der Waals surface area contributed by atoms with E-state index < -0.39 is 0 Å². The summed E-state index contributed by atoms with van der Waals surface area (Å²) in [5.74, 6) is 0. The molecule has 0 unspecified atom stereocenters. The van der Waals surface area contributed by atoms with Gasteiger partial charge in [0.1, 0.15) is 4.99 Å². The van der Waals surface area contributed by atoms with Gasteiger partial charge in [0.25, 0.3) is 0 Å². The number of aromatic nitrogens is 1. The Morgan fingerprint density at radius 3 is 2.63 bits per heavy atom. The quantitative estimate of drug-likeness (QED) is 0.721. The van der Waals surface area contributed by atoms with Gasteiger partial charge < -0.3 is 11.1 Å². The maximum Gasteiger partial charge on any atom is 0.188 e. The van der Waals surface area contributed by atoms with Crippen LogP contribution in [0.2, 0.25) is 0 Å². The van der Waals surface area contributed by atoms with Crippen molar-refractivity contribution in [3.05, 3.63) is 54.1 Å². The third-order valence-corrected chi connectivity index (χ3v) is 3.90. The Morgan fingerprint density at radius 1 is 1.11 bits per heavy atom. The number of nitrogens with one attached hydrogen (secondary N) is 1. The van der Waals surface area contributed by atoms with Gasteiger partial charge in [-0.1, -0.05) is 47.8 Å². The third-order valence-electron chi connectivity index (χ3n) is 2.73. The van der Waals surface area contributed by atoms with Crippen LogP contribution in [0.15, 0.2) is 48.5 Å². The van der Waals surface area contributed by atoms with Crippen LogP contribution in [-0.2, 0) is 0 Å². The van der Waals surface area contributed by atoms with Gasteiger partial charge in [0.15, 0.2) is 5.13 Å². The van der Waals surface area contributed by atoms with Crippen molar-refractivity contribution in [2.45, 2.75) is 0 Å². The van der Waals surface area contributed by atoms with Gasteiger partial charge >= 0.3 is 0 Å². The predicted octanol–water partition coefficient (Wildman–Crippen LogP) is 3.67. The van der Waals surface area contributed by atoms with Crippen molar-refractivity contribution < 1.29 is 0 Å². The second-order valence-electron chi connectivity index (χ2n) is 4.02. The molecule has 0 amide bonds. The van der Waals surface area contributed by atoms with Gasteiger partial charge in [0.05, 0.1) is 15.9 Å². The van der Waals surface area contributed by atoms with Crippen LogP contribution in [-0.4, -0.2) is 9.97 Å². The first-order valence-corrected chi connectivity index (χ1v) is 6.98. The number of thiocarbonyl (C=S) groups is 1. The summed E-state index contributed by atoms with van der Waals surface area (Å²) in [6, 6.07) is 15.7. The van der Waals surface area contributed by atoms with Crippen molar-refractivity contribution in [2.75, 3.05) is 5.32 Å². The van der Waals surface area contributed by atoms with Crippen LogP contribution >= 0.6 is 23.6 Å². The summed E-state index contributed by atoms with van der Waals surface area (Å²) >= 11 is 6.66. The molecular formula is C14H11N3S2. The van der Waals surface area contributed by atoms with E-state index in [1.807, 2.05) is 42.5 Å². The number of nitrogens with zero attached hydrogens (tertiary/aromatic N) is 1. The maximum absolute atomic E-state index is 5.72. The topological polar surface area (TPSA) is 50.9 Å². The fourth-order valence-corrected chi connectivity index (χ4v) is 2.90. The maximum atomic E-state index is 5.72. The molecule has 0 atom stereocenters. The number of nitrogens with two attached hydrogens (primary N) is 1. The smallest absolute Gasteiger partial charge is 0.188 e. The molecule has 0 radical (unpaired) electrons. The zero-order chi connectivity index (χ0) is 13.2. The lowest BCUT2D eigenvalue weighted by molar-refractivity contribution is 1.44. The Morgan fingerprint density at radius 2 is 1.84 bits per heavy atom. The van der Waals surface area contributed by atoms with E-state index in [9.17, 15) is 0 Å². The third kappa shape index (κ3) is 2.43. The number of thiazole rings is 1. The number of anilines is 2. The molecule has 1 heterocycles. The molecule has 0 fully saturated rings. The molecule has 3 N–H and O–H groups in total. The summed E-state index contributed by atoms with van der Waals surface area (Å²) in [5, 5.41) is 4.12. The highest BCUT2D eigenvalue weighted by Gasteiger charge is 2.07. The molecule has 3 aromatic rings. The van der Waals surface area contributed by atoms with E-state index in [2.05, 4.69) is 16.4 Å². The van der Waals surface area contributed by atoms with Gasteiger partial charge in [-0.15, -0.1) is 0 Å². The second-order valence-corrected chi connectivity index (χ2v) is 5.49. The molecule has 5 heteroatoms. The van der Waals surface area contributed by atoms with Crippen molar-refractivity contribution in [2.24, 2.45) is 5.73 Å². The van der Waals surface area contributed by atoms with Gasteiger partial charge in [-0.25, -0.2) is 4.98 Å². The van der Waals surface area contributed by atoms with Crippen molar-refractivity contribution in [1.82, 2.24) is 4.98 Å². The van der Waals surface area contributed by atoms with E-state index in [4.69, 9.17) is 18.0 Å². The van der Waals surface area contributed by atoms with Crippen LogP contribution in [0.1, 0.15) is 5.56 Å². The fourth-order valence-electron chi connectivity index (χ4n) is 1.85. The van der Waals surface area contributed by atoms with Crippen LogP contribution in [0.4, 0.5) is 10.8 Å². The monoisotopic (exact) mass is 285 g/mol. The van der Waals surface area contributed by atoms with Crippen molar-refractivity contribution in [1.29, 1.82) is 0 Å². The number of hydrogen-bond acceptors (Lipinski definition) is 4. The van der Waals surface area contributed by atoms with Crippen LogP contribution in [0.5, 0.6) is 0 Å². The Labute approximate surface area is 120 Å². The van der Waals surface area contributed by atoms with E-state index in [-0.39, 0.29) is 0 Å². The lowest BCUT2D eigenvalue weighted by Gasteiger charge is -2.07. The Hall–Kier alpha value is -1.98. The lowest BCUT2D eigenvalue weighted by atomic mass is 10.2. The second kappa shape index (κ2) is 4.95. The standard InChI is InChI=1S/C14H11N3S2/c15-13(18)9-5-1-2-6-10(9)16-14-17-11-7-3-4-8-12(11)19-14/h1-8H,(H2,15,18)(H,16,17). The van der Waals surface area contributed by atoms with Crippen LogP contribution in [0.25, 0.3) is 10.2 Å². The summed E-state index contributed by atoms with van der Waals surface area (Å²) in [7, 11) is 0. The minimum absolute atomic E-state index is 0.379. The first kappa shape index (κ1) is 12.1. The minimum Gasteiger partial charge on any atom is -0.389 e. The zero-order valence-electron chi connectivity index (χ0n) is 9.96. The molecular weight excluding hydrogens is 274 g/mol. The molecule has 3 rings (SSSR count). The Bertz CT molecular complexity index is 716. The molecule has 0 aliphatic heterocycles. The summed E-state index contributed by atoms with van der Waals surface area (Å²) in [6.45, 7) is 0. The molecule has 3 nitrogen and oxygen atoms in total. The predicted molar refractivity (Wildman–Crippen MR) is 85.2 cm³/mol. The molecule has 0 saturated carbocycles. The molecule has 0 bridgehead atoms. The number of hydrogen-bond donors (Lipinski definition) is 2. The number of benzene rings is 2. The van der Waals surface area contributed by atoms with Crippen LogP contribution in [0.3, 0.4) is 0 Å². The highest BCUT2D eigenvalue weighted by atomic mass is 32.1. The fraction of sp³-hybridized carbons (Fsp3) is 0. The number of para-hydroxylation sites is 2. The first-order chi connectivity index (χ1) is 9.24. The molecule has 19 heavy (non-hydrogen) atoms. The Kier molecular flexibility index (Phi) is 3.15. The van der Waals surface area contributed by atoms with Crippen molar-refractivity contribution in [3.63, 3.8) is 0 Å². The minimum atomic E-state index is 0.379. The molecule has 1 aromatic heterocycles. The molecule has 0 saturated heterocycles. The van der Waals surface area contributed by atoms with E-state index >= 15 is 0 Å². The van der Waals surface area contributed by atoms with Gasteiger partial charge in [0.2, 0.25) is 0 Å². The summed E-state index contributed by atoms with van der Waals surface area (Å²) in [4.78, 5) is 4.91. The van der Waals surface area contributed by atoms with E-state index in [1.165, 1.54) is 0 Å². The van der Waals surface area contributed by atoms with E-state index in [1.54, 1.807) is 11.3 Å². The van der Waals surface area contributed by atoms with Gasteiger partial charge in [-0.05, 0) is 24.3 Å². The zero-order valence-corrected chi connectivity index (χ0v) is 11.6. The normalized spacial score (nSPS) is 10.5. The van der Waals surface area contributed by atoms with Crippen LogP contribution in [0, 0.1) is 0 Å². The Balaban J connectivity index is 1.99. The van der Waals surface area contributed by atoms with Gasteiger partial charge in [0, 0.05) is 5.56 Å². The summed E-state index contributed by atoms with van der Waals surface area (Å²) in [6.07, 6.45) is 0. The van der Waals surface area contributed by atoms with E-state index in [0.29, 0.717) is 4.99 Å². The van der Waals surface area contributed by atoms with Gasteiger partial charge in [-0.2, -0.15) is 0 Å². The molecule has 0 aliphatic carbocycles. The molecule has 94 valence electrons. The summed E-state index contributed by atoms with van der Waals surface area (Å²) < 4.78 is 1.15. The van der Waals surface area contributed by atoms with Gasteiger partial charge in [-0.3, -0.25) is 0 Å². The average molecular weight is 285 g/mol. The summed E-state index contributed by atoms with van der Waals surface area (Å²) in [5.41, 5.74) is 8.42. The lowest BCUT2D eigenvalue weighted by Crippen LogP contribution is -2.11. The molecule has 0 spiro atoms. The number of fused-ring (bicyclic) bond motifs is 1. The van der Waals surface area contributed by atoms with Crippen molar-refractivity contribution >= 4 is 49.6 Å². The van der Waals surface area contributed by atoms with E-state index in [0.717, 1.165) is 26.6 Å². The van der Waals surface area contributed by atoms with Crippen molar-refractivity contribution in [3.8, 4) is 0 Å². The average Bonchev–Trinajstić information content (AvgIpc) is 2.81. The molecule has 0 aliphatic rings. The molecule has 2 aromatic carbocycles.